The average molecular weight is 460 g/mol. The molecule has 0 radical (unpaired) electrons. The first kappa shape index (κ1) is 20.6. The van der Waals surface area contributed by atoms with Crippen LogP contribution in [0.1, 0.15) is 22.5 Å². The smallest absolute Gasteiger partial charge is 0.271 e. The number of allylic oxidation sites excluding steroid dienone is 2. The first-order chi connectivity index (χ1) is 16.6. The Hall–Kier alpha value is -3.96. The molecule has 6 rings (SSSR count). The SMILES string of the molecule is CO[C@H]1C[C@H]1NC(=O)c1cnc2c3c(c(NC4=CC=CN(c5ccccn5)C4O)nn12)CCN3. The van der Waals surface area contributed by atoms with Crippen molar-refractivity contribution >= 4 is 28.9 Å². The molecule has 34 heavy (non-hydrogen) atoms. The maximum atomic E-state index is 12.9. The van der Waals surface area contributed by atoms with E-state index in [-0.39, 0.29) is 18.1 Å². The van der Waals surface area contributed by atoms with Crippen molar-refractivity contribution in [2.24, 2.45) is 0 Å². The maximum Gasteiger partial charge on any atom is 0.271 e. The van der Waals surface area contributed by atoms with Crippen molar-refractivity contribution in [3.8, 4) is 0 Å². The molecule has 3 aliphatic rings. The van der Waals surface area contributed by atoms with E-state index >= 15 is 0 Å². The molecule has 5 heterocycles. The van der Waals surface area contributed by atoms with E-state index in [9.17, 15) is 9.90 Å². The van der Waals surface area contributed by atoms with Crippen LogP contribution in [0, 0.1) is 0 Å². The molecule has 4 N–H and O–H groups in total. The monoisotopic (exact) mass is 460 g/mol. The maximum absolute atomic E-state index is 12.9. The molecule has 11 nitrogen and oxygen atoms in total. The number of nitrogens with zero attached hydrogens (tertiary/aromatic N) is 5. The predicted octanol–water partition coefficient (Wildman–Crippen LogP) is 1.26. The van der Waals surface area contributed by atoms with Crippen molar-refractivity contribution in [2.75, 3.05) is 29.2 Å². The Kier molecular flexibility index (Phi) is 4.93. The minimum Gasteiger partial charge on any atom is -0.381 e. The second kappa shape index (κ2) is 8.12. The highest BCUT2D eigenvalue weighted by Gasteiger charge is 2.39. The standard InChI is InChI=1S/C23H24N8O3/c1-34-17-11-15(17)28-22(32)16-12-26-21-19-13(7-9-25-19)20(29-31(16)21)27-14-5-4-10-30(23(14)33)18-6-2-3-8-24-18/h2-6,8,10,12,15,17,23,25,33H,7,9,11H2,1H3,(H,27,29)(H,28,32)/t15-,17+,23?/m1/s1. The molecule has 1 saturated carbocycles. The van der Waals surface area contributed by atoms with Crippen LogP contribution in [0.5, 0.6) is 0 Å². The molecule has 3 atom stereocenters. The molecule has 0 aromatic carbocycles. The van der Waals surface area contributed by atoms with E-state index in [0.29, 0.717) is 28.7 Å². The lowest BCUT2D eigenvalue weighted by atomic mass is 10.2. The summed E-state index contributed by atoms with van der Waals surface area (Å²) in [5, 5.41) is 25.4. The topological polar surface area (TPSA) is 129 Å². The summed E-state index contributed by atoms with van der Waals surface area (Å²) in [6.45, 7) is 0.735. The molecule has 1 unspecified atom stereocenters. The zero-order valence-corrected chi connectivity index (χ0v) is 18.5. The summed E-state index contributed by atoms with van der Waals surface area (Å²) in [5.41, 5.74) is 3.26. The lowest BCUT2D eigenvalue weighted by molar-refractivity contribution is 0.0928. The van der Waals surface area contributed by atoms with Crippen LogP contribution in [0.2, 0.25) is 0 Å². The van der Waals surface area contributed by atoms with E-state index < -0.39 is 6.23 Å². The Bertz CT molecular complexity index is 1320. The van der Waals surface area contributed by atoms with Crippen molar-refractivity contribution < 1.29 is 14.6 Å². The molecular formula is C23H24N8O3. The highest BCUT2D eigenvalue weighted by molar-refractivity contribution is 5.95. The number of rotatable bonds is 6. The molecule has 1 amide bonds. The number of fused-ring (bicyclic) bond motifs is 3. The second-order valence-corrected chi connectivity index (χ2v) is 8.41. The Morgan fingerprint density at radius 2 is 2.24 bits per heavy atom. The van der Waals surface area contributed by atoms with E-state index in [1.165, 1.54) is 6.20 Å². The molecular weight excluding hydrogens is 436 g/mol. The number of pyridine rings is 1. The average Bonchev–Trinajstić information content (AvgIpc) is 3.21. The number of imidazole rings is 1. The molecule has 174 valence electrons. The summed E-state index contributed by atoms with van der Waals surface area (Å²) in [6.07, 6.45) is 9.22. The number of amides is 1. The molecule has 11 heteroatoms. The number of anilines is 3. The lowest BCUT2D eigenvalue weighted by Gasteiger charge is -2.30. The van der Waals surface area contributed by atoms with E-state index in [4.69, 9.17) is 9.84 Å². The van der Waals surface area contributed by atoms with Crippen LogP contribution in [-0.2, 0) is 11.2 Å². The quantitative estimate of drug-likeness (QED) is 0.430. The highest BCUT2D eigenvalue weighted by atomic mass is 16.5. The van der Waals surface area contributed by atoms with Crippen molar-refractivity contribution in [2.45, 2.75) is 31.2 Å². The number of carbonyl (C=O) groups is 1. The normalized spacial score (nSPS) is 22.8. The Balaban J connectivity index is 1.32. The van der Waals surface area contributed by atoms with E-state index in [0.717, 1.165) is 30.6 Å². The predicted molar refractivity (Wildman–Crippen MR) is 125 cm³/mol. The molecule has 1 fully saturated rings. The van der Waals surface area contributed by atoms with Gasteiger partial charge in [0.1, 0.15) is 5.82 Å². The molecule has 0 bridgehead atoms. The highest BCUT2D eigenvalue weighted by Crippen LogP contribution is 2.34. The van der Waals surface area contributed by atoms with Gasteiger partial charge in [0.15, 0.2) is 23.4 Å². The molecule has 1 aliphatic carbocycles. The van der Waals surface area contributed by atoms with Gasteiger partial charge >= 0.3 is 0 Å². The summed E-state index contributed by atoms with van der Waals surface area (Å²) in [4.78, 5) is 23.4. The van der Waals surface area contributed by atoms with Crippen LogP contribution in [0.3, 0.4) is 0 Å². The fourth-order valence-corrected chi connectivity index (χ4v) is 4.36. The molecule has 3 aromatic heterocycles. The van der Waals surface area contributed by atoms with Crippen molar-refractivity contribution in [3.05, 3.63) is 65.9 Å². The Morgan fingerprint density at radius 1 is 1.32 bits per heavy atom. The number of nitrogens with one attached hydrogen (secondary N) is 3. The number of aromatic nitrogens is 4. The zero-order valence-electron chi connectivity index (χ0n) is 18.5. The van der Waals surface area contributed by atoms with Gasteiger partial charge in [0.2, 0.25) is 0 Å². The van der Waals surface area contributed by atoms with Gasteiger partial charge in [-0.2, -0.15) is 0 Å². The first-order valence-corrected chi connectivity index (χ1v) is 11.1. The number of hydrogen-bond acceptors (Lipinski definition) is 9. The van der Waals surface area contributed by atoms with Gasteiger partial charge in [-0.15, -0.1) is 5.10 Å². The van der Waals surface area contributed by atoms with Gasteiger partial charge in [-0.3, -0.25) is 4.79 Å². The van der Waals surface area contributed by atoms with Crippen molar-refractivity contribution in [1.82, 2.24) is 24.9 Å². The van der Waals surface area contributed by atoms with Gasteiger partial charge in [0.25, 0.3) is 5.91 Å². The number of aliphatic hydroxyl groups is 1. The van der Waals surface area contributed by atoms with Gasteiger partial charge in [-0.05, 0) is 37.1 Å². The summed E-state index contributed by atoms with van der Waals surface area (Å²) >= 11 is 0. The summed E-state index contributed by atoms with van der Waals surface area (Å²) < 4.78 is 6.82. The summed E-state index contributed by atoms with van der Waals surface area (Å²) in [6, 6.07) is 5.52. The Labute approximate surface area is 195 Å². The summed E-state index contributed by atoms with van der Waals surface area (Å²) in [5.74, 6) is 0.925. The van der Waals surface area contributed by atoms with Crippen LogP contribution in [0.25, 0.3) is 5.65 Å². The van der Waals surface area contributed by atoms with Crippen LogP contribution < -0.4 is 20.9 Å². The number of methoxy groups -OCH3 is 1. The lowest BCUT2D eigenvalue weighted by Crippen LogP contribution is -2.37. The van der Waals surface area contributed by atoms with Crippen molar-refractivity contribution in [3.63, 3.8) is 0 Å². The van der Waals surface area contributed by atoms with Crippen LogP contribution >= 0.6 is 0 Å². The molecule has 0 saturated heterocycles. The molecule has 2 aliphatic heterocycles. The number of hydrogen-bond donors (Lipinski definition) is 4. The van der Waals surface area contributed by atoms with Gasteiger partial charge in [0, 0.05) is 31.6 Å². The van der Waals surface area contributed by atoms with Crippen LogP contribution in [0.15, 0.2) is 54.6 Å². The van der Waals surface area contributed by atoms with Crippen molar-refractivity contribution in [1.29, 1.82) is 0 Å². The molecule has 0 spiro atoms. The summed E-state index contributed by atoms with van der Waals surface area (Å²) in [7, 11) is 1.64. The largest absolute Gasteiger partial charge is 0.381 e. The van der Waals surface area contributed by atoms with Gasteiger partial charge in [0.05, 0.1) is 29.7 Å². The van der Waals surface area contributed by atoms with E-state index in [1.54, 1.807) is 35.0 Å². The number of ether oxygens (including phenoxy) is 1. The van der Waals surface area contributed by atoms with E-state index in [2.05, 4.69) is 25.9 Å². The van der Waals surface area contributed by atoms with Gasteiger partial charge < -0.3 is 30.7 Å². The van der Waals surface area contributed by atoms with Crippen LogP contribution in [-0.4, -0.2) is 62.6 Å². The van der Waals surface area contributed by atoms with Crippen LogP contribution in [0.4, 0.5) is 17.3 Å². The minimum atomic E-state index is -0.978. The zero-order chi connectivity index (χ0) is 23.2. The van der Waals surface area contributed by atoms with Gasteiger partial charge in [-0.25, -0.2) is 14.5 Å². The third kappa shape index (κ3) is 3.45. The second-order valence-electron chi connectivity index (χ2n) is 8.41. The first-order valence-electron chi connectivity index (χ1n) is 11.1. The van der Waals surface area contributed by atoms with Gasteiger partial charge in [-0.1, -0.05) is 6.07 Å². The third-order valence-electron chi connectivity index (χ3n) is 6.25. The minimum absolute atomic E-state index is 0.0000975. The fraction of sp³-hybridized carbons (Fsp3) is 0.304. The number of aliphatic hydroxyl groups excluding tert-OH is 1. The fourth-order valence-electron chi connectivity index (χ4n) is 4.36. The van der Waals surface area contributed by atoms with E-state index in [1.807, 2.05) is 24.3 Å². The number of carbonyl (C=O) groups excluding carboxylic acids is 1. The Morgan fingerprint density at radius 3 is 3.03 bits per heavy atom. The molecule has 3 aromatic rings. The third-order valence-corrected chi connectivity index (χ3v) is 6.25.